The molecule has 0 amide bonds. The third kappa shape index (κ3) is 2.72. The van der Waals surface area contributed by atoms with Gasteiger partial charge in [0.15, 0.2) is 5.82 Å². The van der Waals surface area contributed by atoms with Crippen LogP contribution in [0.3, 0.4) is 0 Å². The molecule has 1 saturated carbocycles. The van der Waals surface area contributed by atoms with Gasteiger partial charge in [-0.2, -0.15) is 5.10 Å². The van der Waals surface area contributed by atoms with Crippen LogP contribution in [-0.2, 0) is 28.4 Å². The van der Waals surface area contributed by atoms with E-state index in [1.807, 2.05) is 20.9 Å². The summed E-state index contributed by atoms with van der Waals surface area (Å²) in [6, 6.07) is 0. The van der Waals surface area contributed by atoms with Gasteiger partial charge >= 0.3 is 5.97 Å². The van der Waals surface area contributed by atoms with Gasteiger partial charge in [0.25, 0.3) is 0 Å². The van der Waals surface area contributed by atoms with Crippen LogP contribution >= 0.6 is 0 Å². The molecule has 0 saturated heterocycles. The van der Waals surface area contributed by atoms with E-state index in [0.29, 0.717) is 6.61 Å². The zero-order valence-corrected chi connectivity index (χ0v) is 12.8. The highest BCUT2D eigenvalue weighted by molar-refractivity contribution is 5.82. The molecule has 0 aliphatic heterocycles. The van der Waals surface area contributed by atoms with E-state index in [2.05, 4.69) is 10.1 Å². The summed E-state index contributed by atoms with van der Waals surface area (Å²) in [7, 11) is 1.88. The van der Waals surface area contributed by atoms with Gasteiger partial charge in [-0.15, -0.1) is 0 Å². The summed E-state index contributed by atoms with van der Waals surface area (Å²) in [5.74, 6) is 1.46. The van der Waals surface area contributed by atoms with Gasteiger partial charge in [0.1, 0.15) is 11.2 Å². The van der Waals surface area contributed by atoms with E-state index in [9.17, 15) is 4.79 Å². The van der Waals surface area contributed by atoms with Gasteiger partial charge in [0, 0.05) is 13.5 Å². The molecule has 1 aromatic rings. The lowest BCUT2D eigenvalue weighted by Crippen LogP contribution is -2.39. The Hall–Kier alpha value is -1.39. The maximum absolute atomic E-state index is 12.6. The van der Waals surface area contributed by atoms with Crippen LogP contribution in [0, 0.1) is 0 Å². The summed E-state index contributed by atoms with van der Waals surface area (Å²) in [6.45, 7) is 4.30. The van der Waals surface area contributed by atoms with Crippen molar-refractivity contribution < 1.29 is 9.53 Å². The van der Waals surface area contributed by atoms with Crippen LogP contribution in [0.1, 0.15) is 64.0 Å². The van der Waals surface area contributed by atoms with Gasteiger partial charge in [0.2, 0.25) is 0 Å². The van der Waals surface area contributed by atoms with Crippen LogP contribution < -0.4 is 0 Å². The molecule has 2 rings (SSSR count). The Balaban J connectivity index is 2.43. The van der Waals surface area contributed by atoms with Crippen LogP contribution in [0.4, 0.5) is 0 Å². The molecule has 0 aromatic carbocycles. The Kier molecular flexibility index (Phi) is 4.78. The van der Waals surface area contributed by atoms with E-state index in [4.69, 9.17) is 4.74 Å². The van der Waals surface area contributed by atoms with Crippen molar-refractivity contribution in [3.63, 3.8) is 0 Å². The summed E-state index contributed by atoms with van der Waals surface area (Å²) in [6.07, 6.45) is 6.88. The van der Waals surface area contributed by atoms with Crippen LogP contribution in [0.15, 0.2) is 0 Å². The molecule has 0 unspecified atom stereocenters. The molecular weight excluding hydrogens is 254 g/mol. The number of carbonyl (C=O) groups excluding carboxylic acids is 1. The molecule has 112 valence electrons. The minimum atomic E-state index is -0.596. The molecule has 0 radical (unpaired) electrons. The first-order valence-corrected chi connectivity index (χ1v) is 7.71. The highest BCUT2D eigenvalue weighted by atomic mass is 16.5. The fourth-order valence-corrected chi connectivity index (χ4v) is 3.12. The van der Waals surface area contributed by atoms with Gasteiger partial charge in [-0.3, -0.25) is 9.48 Å². The molecule has 20 heavy (non-hydrogen) atoms. The first-order valence-electron chi connectivity index (χ1n) is 7.71. The molecule has 0 atom stereocenters. The van der Waals surface area contributed by atoms with Crippen LogP contribution in [0.5, 0.6) is 0 Å². The molecule has 1 fully saturated rings. The van der Waals surface area contributed by atoms with Crippen LogP contribution in [0.25, 0.3) is 0 Å². The molecule has 1 heterocycles. The van der Waals surface area contributed by atoms with Crippen molar-refractivity contribution in [2.75, 3.05) is 6.61 Å². The Morgan fingerprint density at radius 3 is 2.40 bits per heavy atom. The van der Waals surface area contributed by atoms with Crippen molar-refractivity contribution in [3.05, 3.63) is 11.6 Å². The molecule has 0 N–H and O–H groups in total. The Morgan fingerprint density at radius 2 is 1.90 bits per heavy atom. The number of carbonyl (C=O) groups is 1. The smallest absolute Gasteiger partial charge is 0.319 e. The second-order valence-corrected chi connectivity index (χ2v) is 5.55. The number of aryl methyl sites for hydroxylation is 2. The minimum absolute atomic E-state index is 0.125. The van der Waals surface area contributed by atoms with Crippen molar-refractivity contribution in [1.29, 1.82) is 0 Å². The van der Waals surface area contributed by atoms with Crippen molar-refractivity contribution >= 4 is 5.97 Å². The number of aromatic nitrogens is 3. The third-order valence-corrected chi connectivity index (χ3v) is 4.17. The lowest BCUT2D eigenvalue weighted by atomic mass is 9.79. The van der Waals surface area contributed by atoms with E-state index >= 15 is 0 Å². The van der Waals surface area contributed by atoms with Gasteiger partial charge in [0.05, 0.1) is 6.61 Å². The minimum Gasteiger partial charge on any atom is -0.465 e. The second-order valence-electron chi connectivity index (χ2n) is 5.55. The monoisotopic (exact) mass is 279 g/mol. The van der Waals surface area contributed by atoms with Gasteiger partial charge < -0.3 is 4.74 Å². The van der Waals surface area contributed by atoms with E-state index < -0.39 is 5.41 Å². The fraction of sp³-hybridized carbons (Fsp3) is 0.800. The number of hydrogen-bond donors (Lipinski definition) is 0. The maximum atomic E-state index is 12.6. The van der Waals surface area contributed by atoms with Crippen molar-refractivity contribution in [2.24, 2.45) is 7.05 Å². The van der Waals surface area contributed by atoms with Crippen molar-refractivity contribution in [2.45, 2.75) is 64.2 Å². The Morgan fingerprint density at radius 1 is 1.25 bits per heavy atom. The molecule has 5 nitrogen and oxygen atoms in total. The predicted octanol–water partition coefficient (Wildman–Crippen LogP) is 2.53. The first kappa shape index (κ1) is 15.0. The fourth-order valence-electron chi connectivity index (χ4n) is 3.12. The van der Waals surface area contributed by atoms with E-state index in [0.717, 1.165) is 43.8 Å². The molecule has 1 aliphatic rings. The molecule has 1 aromatic heterocycles. The number of hydrogen-bond acceptors (Lipinski definition) is 4. The van der Waals surface area contributed by atoms with Crippen LogP contribution in [0.2, 0.25) is 0 Å². The number of nitrogens with zero attached hydrogens (tertiary/aromatic N) is 3. The van der Waals surface area contributed by atoms with Crippen molar-refractivity contribution in [1.82, 2.24) is 14.8 Å². The molecular formula is C15H25N3O2. The highest BCUT2D eigenvalue weighted by Gasteiger charge is 2.45. The van der Waals surface area contributed by atoms with E-state index in [1.54, 1.807) is 4.68 Å². The zero-order chi connectivity index (χ0) is 14.6. The number of esters is 1. The summed E-state index contributed by atoms with van der Waals surface area (Å²) < 4.78 is 7.15. The largest absolute Gasteiger partial charge is 0.465 e. The summed E-state index contributed by atoms with van der Waals surface area (Å²) in [5.41, 5.74) is -0.596. The molecule has 1 aliphatic carbocycles. The summed E-state index contributed by atoms with van der Waals surface area (Å²) in [4.78, 5) is 17.2. The van der Waals surface area contributed by atoms with E-state index in [-0.39, 0.29) is 5.97 Å². The third-order valence-electron chi connectivity index (χ3n) is 4.17. The Bertz CT molecular complexity index is 460. The first-order chi connectivity index (χ1) is 9.64. The number of ether oxygens (including phenoxy) is 1. The quantitative estimate of drug-likeness (QED) is 0.628. The van der Waals surface area contributed by atoms with Gasteiger partial charge in [-0.25, -0.2) is 4.98 Å². The lowest BCUT2D eigenvalue weighted by Gasteiger charge is -2.28. The van der Waals surface area contributed by atoms with Crippen molar-refractivity contribution in [3.8, 4) is 0 Å². The van der Waals surface area contributed by atoms with Crippen LogP contribution in [-0.4, -0.2) is 27.3 Å². The SMILES string of the molecule is CCOC(=O)C1(c2nc(CC)nn2C)CCCCCC1. The van der Waals surface area contributed by atoms with Gasteiger partial charge in [-0.05, 0) is 19.8 Å². The Labute approximate surface area is 120 Å². The lowest BCUT2D eigenvalue weighted by molar-refractivity contribution is -0.151. The normalized spacial score (nSPS) is 18.6. The standard InChI is InChI=1S/C15H25N3O2/c1-4-12-16-13(18(3)17-12)15(14(19)20-5-2)10-8-6-7-9-11-15/h4-11H2,1-3H3. The van der Waals surface area contributed by atoms with E-state index in [1.165, 1.54) is 12.8 Å². The second kappa shape index (κ2) is 6.37. The zero-order valence-electron chi connectivity index (χ0n) is 12.8. The maximum Gasteiger partial charge on any atom is 0.319 e. The highest BCUT2D eigenvalue weighted by Crippen LogP contribution is 2.38. The summed E-state index contributed by atoms with van der Waals surface area (Å²) >= 11 is 0. The molecule has 0 spiro atoms. The average Bonchev–Trinajstić information content (AvgIpc) is 2.67. The average molecular weight is 279 g/mol. The predicted molar refractivity (Wildman–Crippen MR) is 76.4 cm³/mol. The molecule has 0 bridgehead atoms. The summed E-state index contributed by atoms with van der Waals surface area (Å²) in [5, 5.41) is 4.42. The van der Waals surface area contributed by atoms with Gasteiger partial charge in [-0.1, -0.05) is 32.6 Å². The molecule has 5 heteroatoms. The number of rotatable bonds is 4. The topological polar surface area (TPSA) is 57.0 Å².